The van der Waals surface area contributed by atoms with Crippen LogP contribution in [0.15, 0.2) is 17.1 Å². The van der Waals surface area contributed by atoms with Crippen molar-refractivity contribution >= 4 is 10.8 Å². The molecule has 0 aliphatic carbocycles. The van der Waals surface area contributed by atoms with Crippen LogP contribution in [-0.4, -0.2) is 22.3 Å². The summed E-state index contributed by atoms with van der Waals surface area (Å²) in [5.41, 5.74) is 0.508. The third-order valence-electron chi connectivity index (χ3n) is 1.93. The Morgan fingerprint density at radius 1 is 1.50 bits per heavy atom. The Hall–Kier alpha value is -1.91. The van der Waals surface area contributed by atoms with Crippen molar-refractivity contribution in [1.29, 1.82) is 0 Å². The minimum absolute atomic E-state index is 0.285. The zero-order chi connectivity index (χ0) is 10.1. The first-order chi connectivity index (χ1) is 6.72. The highest BCUT2D eigenvalue weighted by Gasteiger charge is 2.07. The summed E-state index contributed by atoms with van der Waals surface area (Å²) in [4.78, 5) is 15.5. The SMILES string of the molecule is COc1nc(C)cc2cn[nH]c(=O)c12. The van der Waals surface area contributed by atoms with Crippen molar-refractivity contribution in [2.75, 3.05) is 7.11 Å². The molecule has 72 valence electrons. The zero-order valence-electron chi connectivity index (χ0n) is 7.87. The van der Waals surface area contributed by atoms with Gasteiger partial charge in [-0.25, -0.2) is 10.1 Å². The number of H-pyrrole nitrogens is 1. The summed E-state index contributed by atoms with van der Waals surface area (Å²) in [5.74, 6) is 0.337. The van der Waals surface area contributed by atoms with Crippen LogP contribution in [0.25, 0.3) is 10.8 Å². The summed E-state index contributed by atoms with van der Waals surface area (Å²) in [6.45, 7) is 1.84. The molecule has 5 nitrogen and oxygen atoms in total. The highest BCUT2D eigenvalue weighted by atomic mass is 16.5. The molecule has 0 saturated carbocycles. The largest absolute Gasteiger partial charge is 0.480 e. The fourth-order valence-corrected chi connectivity index (χ4v) is 1.36. The van der Waals surface area contributed by atoms with Crippen LogP contribution < -0.4 is 10.3 Å². The van der Waals surface area contributed by atoms with Gasteiger partial charge in [-0.2, -0.15) is 5.10 Å². The Labute approximate surface area is 79.7 Å². The first kappa shape index (κ1) is 8.68. The molecule has 2 aromatic heterocycles. The molecule has 0 spiro atoms. The zero-order valence-corrected chi connectivity index (χ0v) is 7.87. The molecule has 0 amide bonds. The van der Waals surface area contributed by atoms with Crippen molar-refractivity contribution in [2.24, 2.45) is 0 Å². The first-order valence-electron chi connectivity index (χ1n) is 4.11. The molecule has 14 heavy (non-hydrogen) atoms. The topological polar surface area (TPSA) is 67.9 Å². The number of aromatic amines is 1. The predicted octanol–water partition coefficient (Wildman–Crippen LogP) is 0.635. The monoisotopic (exact) mass is 191 g/mol. The van der Waals surface area contributed by atoms with Crippen LogP contribution in [-0.2, 0) is 0 Å². The maximum absolute atomic E-state index is 11.4. The van der Waals surface area contributed by atoms with Crippen molar-refractivity contribution < 1.29 is 4.74 Å². The van der Waals surface area contributed by atoms with Gasteiger partial charge in [0.15, 0.2) is 0 Å². The van der Waals surface area contributed by atoms with Crippen LogP contribution in [0.5, 0.6) is 5.88 Å². The molecule has 0 saturated heterocycles. The Bertz CT molecular complexity index is 533. The molecule has 0 radical (unpaired) electrons. The molecular weight excluding hydrogens is 182 g/mol. The van der Waals surface area contributed by atoms with E-state index >= 15 is 0 Å². The van der Waals surface area contributed by atoms with Gasteiger partial charge in [-0.3, -0.25) is 4.79 Å². The van der Waals surface area contributed by atoms with Crippen molar-refractivity contribution in [3.05, 3.63) is 28.3 Å². The van der Waals surface area contributed by atoms with Crippen molar-refractivity contribution in [3.8, 4) is 5.88 Å². The highest BCUT2D eigenvalue weighted by molar-refractivity contribution is 5.85. The molecule has 0 aliphatic rings. The van der Waals surface area contributed by atoms with E-state index in [0.717, 1.165) is 11.1 Å². The third kappa shape index (κ3) is 1.22. The van der Waals surface area contributed by atoms with Crippen LogP contribution in [0.1, 0.15) is 5.69 Å². The Morgan fingerprint density at radius 3 is 3.00 bits per heavy atom. The second kappa shape index (κ2) is 3.10. The van der Waals surface area contributed by atoms with E-state index in [1.54, 1.807) is 12.3 Å². The molecule has 0 unspecified atom stereocenters. The van der Waals surface area contributed by atoms with E-state index in [4.69, 9.17) is 4.74 Å². The fourth-order valence-electron chi connectivity index (χ4n) is 1.36. The lowest BCUT2D eigenvalue weighted by Crippen LogP contribution is -2.09. The number of aryl methyl sites for hydroxylation is 1. The van der Waals surface area contributed by atoms with Crippen LogP contribution >= 0.6 is 0 Å². The summed E-state index contributed by atoms with van der Waals surface area (Å²) in [6, 6.07) is 1.79. The van der Waals surface area contributed by atoms with Crippen LogP contribution in [0, 0.1) is 6.92 Å². The Kier molecular flexibility index (Phi) is 1.92. The molecule has 2 rings (SSSR count). The van der Waals surface area contributed by atoms with Gasteiger partial charge in [0.05, 0.1) is 13.3 Å². The van der Waals surface area contributed by atoms with Crippen LogP contribution in [0.4, 0.5) is 0 Å². The maximum Gasteiger partial charge on any atom is 0.277 e. The smallest absolute Gasteiger partial charge is 0.277 e. The van der Waals surface area contributed by atoms with E-state index < -0.39 is 0 Å². The van der Waals surface area contributed by atoms with E-state index in [9.17, 15) is 4.79 Å². The van der Waals surface area contributed by atoms with E-state index in [-0.39, 0.29) is 5.56 Å². The van der Waals surface area contributed by atoms with Crippen molar-refractivity contribution in [3.63, 3.8) is 0 Å². The van der Waals surface area contributed by atoms with Gasteiger partial charge in [-0.15, -0.1) is 0 Å². The predicted molar refractivity (Wildman–Crippen MR) is 51.4 cm³/mol. The molecule has 0 aliphatic heterocycles. The normalized spacial score (nSPS) is 10.4. The molecule has 0 aromatic carbocycles. The number of aromatic nitrogens is 3. The summed E-state index contributed by atoms with van der Waals surface area (Å²) in [7, 11) is 1.49. The van der Waals surface area contributed by atoms with Gasteiger partial charge in [0.25, 0.3) is 5.56 Å². The molecule has 2 aromatic rings. The van der Waals surface area contributed by atoms with Gasteiger partial charge in [-0.05, 0) is 13.0 Å². The molecule has 0 atom stereocenters. The van der Waals surface area contributed by atoms with Crippen molar-refractivity contribution in [1.82, 2.24) is 15.2 Å². The van der Waals surface area contributed by atoms with E-state index in [0.29, 0.717) is 11.3 Å². The minimum atomic E-state index is -0.285. The van der Waals surface area contributed by atoms with E-state index in [1.165, 1.54) is 7.11 Å². The number of ether oxygens (including phenoxy) is 1. The number of hydrogen-bond acceptors (Lipinski definition) is 4. The lowest BCUT2D eigenvalue weighted by atomic mass is 10.2. The molecule has 0 bridgehead atoms. The molecule has 1 N–H and O–H groups in total. The number of rotatable bonds is 1. The summed E-state index contributed by atoms with van der Waals surface area (Å²) in [5, 5.41) is 7.22. The molecule has 2 heterocycles. The van der Waals surface area contributed by atoms with Crippen LogP contribution in [0.2, 0.25) is 0 Å². The molecular formula is C9H9N3O2. The van der Waals surface area contributed by atoms with E-state index in [1.807, 2.05) is 6.92 Å². The summed E-state index contributed by atoms with van der Waals surface area (Å²) >= 11 is 0. The summed E-state index contributed by atoms with van der Waals surface area (Å²) < 4.78 is 5.03. The number of pyridine rings is 1. The number of hydrogen-bond donors (Lipinski definition) is 1. The van der Waals surface area contributed by atoms with Gasteiger partial charge in [0.1, 0.15) is 5.39 Å². The quantitative estimate of drug-likeness (QED) is 0.718. The van der Waals surface area contributed by atoms with Gasteiger partial charge < -0.3 is 4.74 Å². The van der Waals surface area contributed by atoms with Crippen LogP contribution in [0.3, 0.4) is 0 Å². The van der Waals surface area contributed by atoms with Gasteiger partial charge in [0.2, 0.25) is 5.88 Å². The number of methoxy groups -OCH3 is 1. The van der Waals surface area contributed by atoms with Gasteiger partial charge in [0, 0.05) is 11.1 Å². The molecule has 5 heteroatoms. The Morgan fingerprint density at radius 2 is 2.29 bits per heavy atom. The van der Waals surface area contributed by atoms with E-state index in [2.05, 4.69) is 15.2 Å². The minimum Gasteiger partial charge on any atom is -0.480 e. The average Bonchev–Trinajstić information content (AvgIpc) is 2.16. The lowest BCUT2D eigenvalue weighted by molar-refractivity contribution is 0.402. The highest BCUT2D eigenvalue weighted by Crippen LogP contribution is 2.19. The molecule has 0 fully saturated rings. The number of fused-ring (bicyclic) bond motifs is 1. The fraction of sp³-hybridized carbons (Fsp3) is 0.222. The first-order valence-corrected chi connectivity index (χ1v) is 4.11. The second-order valence-corrected chi connectivity index (χ2v) is 2.94. The summed E-state index contributed by atoms with van der Waals surface area (Å²) in [6.07, 6.45) is 1.58. The van der Waals surface area contributed by atoms with Gasteiger partial charge >= 0.3 is 0 Å². The maximum atomic E-state index is 11.4. The third-order valence-corrected chi connectivity index (χ3v) is 1.93. The average molecular weight is 191 g/mol. The Balaban J connectivity index is 2.96. The number of nitrogens with one attached hydrogen (secondary N) is 1. The van der Waals surface area contributed by atoms with Crippen molar-refractivity contribution in [2.45, 2.75) is 6.92 Å². The number of nitrogens with zero attached hydrogens (tertiary/aromatic N) is 2. The standard InChI is InChI=1S/C9H9N3O2/c1-5-3-6-4-10-12-8(13)7(6)9(11-5)14-2/h3-4H,1-2H3,(H,12,13). The van der Waals surface area contributed by atoms with Gasteiger partial charge in [-0.1, -0.05) is 0 Å². The second-order valence-electron chi connectivity index (χ2n) is 2.94. The lowest BCUT2D eigenvalue weighted by Gasteiger charge is -2.03.